The third-order valence-electron chi connectivity index (χ3n) is 4.27. The van der Waals surface area contributed by atoms with Crippen LogP contribution in [0.3, 0.4) is 0 Å². The molecule has 148 valence electrons. The monoisotopic (exact) mass is 392 g/mol. The summed E-state index contributed by atoms with van der Waals surface area (Å²) in [4.78, 5) is 23.1. The molecule has 3 aromatic carbocycles. The van der Waals surface area contributed by atoms with Crippen molar-refractivity contribution in [3.63, 3.8) is 0 Å². The fourth-order valence-corrected chi connectivity index (χ4v) is 2.68. The molecule has 29 heavy (non-hydrogen) atoms. The third-order valence-corrected chi connectivity index (χ3v) is 4.27. The molecule has 0 heterocycles. The zero-order valence-electron chi connectivity index (χ0n) is 16.0. The van der Waals surface area contributed by atoms with E-state index in [4.69, 9.17) is 9.47 Å². The summed E-state index contributed by atoms with van der Waals surface area (Å²) in [5, 5.41) is 14.0. The van der Waals surface area contributed by atoms with Crippen molar-refractivity contribution in [1.82, 2.24) is 0 Å². The van der Waals surface area contributed by atoms with Gasteiger partial charge < -0.3 is 14.8 Å². The summed E-state index contributed by atoms with van der Waals surface area (Å²) >= 11 is 0. The Kier molecular flexibility index (Phi) is 6.09. The minimum Gasteiger partial charge on any atom is -0.497 e. The van der Waals surface area contributed by atoms with Crippen molar-refractivity contribution < 1.29 is 19.2 Å². The molecule has 0 fully saturated rings. The second-order valence-corrected chi connectivity index (χ2v) is 6.40. The molecule has 1 amide bonds. The number of carbonyl (C=O) groups excluding carboxylic acids is 1. The predicted molar refractivity (Wildman–Crippen MR) is 110 cm³/mol. The fourth-order valence-electron chi connectivity index (χ4n) is 2.68. The first-order valence-electron chi connectivity index (χ1n) is 8.88. The number of hydrogen-bond acceptors (Lipinski definition) is 5. The Morgan fingerprint density at radius 3 is 2.34 bits per heavy atom. The highest BCUT2D eigenvalue weighted by Crippen LogP contribution is 2.28. The number of amides is 1. The molecular formula is C22H20N2O5. The minimum atomic E-state index is -0.463. The number of nitrogens with one attached hydrogen (secondary N) is 1. The molecule has 0 aliphatic carbocycles. The molecule has 0 radical (unpaired) electrons. The van der Waals surface area contributed by atoms with E-state index >= 15 is 0 Å². The van der Waals surface area contributed by atoms with Crippen LogP contribution >= 0.6 is 0 Å². The fraction of sp³-hybridized carbons (Fsp3) is 0.136. The van der Waals surface area contributed by atoms with Crippen LogP contribution in [0.1, 0.15) is 21.5 Å². The summed E-state index contributed by atoms with van der Waals surface area (Å²) in [5.74, 6) is 0.680. The maximum atomic E-state index is 12.4. The molecule has 0 bridgehead atoms. The Balaban J connectivity index is 1.62. The number of nitro groups is 1. The average molecular weight is 392 g/mol. The summed E-state index contributed by atoms with van der Waals surface area (Å²) < 4.78 is 10.7. The number of carbonyl (C=O) groups is 1. The van der Waals surface area contributed by atoms with E-state index in [-0.39, 0.29) is 24.0 Å². The van der Waals surface area contributed by atoms with Crippen molar-refractivity contribution in [3.8, 4) is 11.5 Å². The summed E-state index contributed by atoms with van der Waals surface area (Å²) in [6.45, 7) is 1.94. The molecule has 0 aliphatic rings. The molecule has 7 nitrogen and oxygen atoms in total. The van der Waals surface area contributed by atoms with Crippen LogP contribution in [0.5, 0.6) is 11.5 Å². The Morgan fingerprint density at radius 2 is 1.72 bits per heavy atom. The molecule has 0 spiro atoms. The van der Waals surface area contributed by atoms with Crippen LogP contribution in [0.4, 0.5) is 11.4 Å². The normalized spacial score (nSPS) is 10.3. The summed E-state index contributed by atoms with van der Waals surface area (Å²) in [6, 6.07) is 18.7. The zero-order valence-corrected chi connectivity index (χ0v) is 16.0. The lowest BCUT2D eigenvalue weighted by molar-refractivity contribution is -0.386. The van der Waals surface area contributed by atoms with Gasteiger partial charge in [0.15, 0.2) is 5.75 Å². The van der Waals surface area contributed by atoms with Gasteiger partial charge in [-0.25, -0.2) is 0 Å². The third kappa shape index (κ3) is 5.10. The molecular weight excluding hydrogens is 372 g/mol. The second kappa shape index (κ2) is 8.88. The summed E-state index contributed by atoms with van der Waals surface area (Å²) in [7, 11) is 1.58. The van der Waals surface area contributed by atoms with Crippen LogP contribution < -0.4 is 14.8 Å². The van der Waals surface area contributed by atoms with Crippen molar-refractivity contribution in [1.29, 1.82) is 0 Å². The first kappa shape index (κ1) is 19.9. The molecule has 0 atom stereocenters. The van der Waals surface area contributed by atoms with Gasteiger partial charge in [-0.2, -0.15) is 0 Å². The van der Waals surface area contributed by atoms with E-state index in [0.29, 0.717) is 17.0 Å². The first-order chi connectivity index (χ1) is 14.0. The average Bonchev–Trinajstić information content (AvgIpc) is 2.73. The number of aryl methyl sites for hydroxylation is 1. The van der Waals surface area contributed by atoms with Crippen LogP contribution in [-0.4, -0.2) is 17.9 Å². The zero-order chi connectivity index (χ0) is 20.8. The smallest absolute Gasteiger partial charge is 0.311 e. The van der Waals surface area contributed by atoms with Gasteiger partial charge in [-0.15, -0.1) is 0 Å². The van der Waals surface area contributed by atoms with Crippen LogP contribution in [0.25, 0.3) is 0 Å². The molecule has 0 unspecified atom stereocenters. The highest BCUT2D eigenvalue weighted by molar-refractivity contribution is 6.04. The molecule has 3 aromatic rings. The van der Waals surface area contributed by atoms with Gasteiger partial charge in [0, 0.05) is 17.3 Å². The van der Waals surface area contributed by atoms with E-state index in [1.165, 1.54) is 6.07 Å². The van der Waals surface area contributed by atoms with Gasteiger partial charge in [-0.05, 0) is 60.5 Å². The Morgan fingerprint density at radius 1 is 1.03 bits per heavy atom. The standard InChI is InChI=1S/C22H20N2O5/c1-15-3-12-21(20(13-15)24(26)27)29-14-16-4-6-17(7-5-16)22(25)23-18-8-10-19(28-2)11-9-18/h3-13H,14H2,1-2H3,(H,23,25). The molecule has 7 heteroatoms. The number of nitrogens with zero attached hydrogens (tertiary/aromatic N) is 1. The Hall–Kier alpha value is -3.87. The van der Waals surface area contributed by atoms with Crippen molar-refractivity contribution >= 4 is 17.3 Å². The SMILES string of the molecule is COc1ccc(NC(=O)c2ccc(COc3ccc(C)cc3[N+](=O)[O-])cc2)cc1. The van der Waals surface area contributed by atoms with Crippen LogP contribution in [0.2, 0.25) is 0 Å². The lowest BCUT2D eigenvalue weighted by atomic mass is 10.1. The molecule has 0 saturated heterocycles. The Labute approximate surface area is 168 Å². The molecule has 3 rings (SSSR count). The van der Waals surface area contributed by atoms with Crippen LogP contribution in [0.15, 0.2) is 66.7 Å². The summed E-state index contributed by atoms with van der Waals surface area (Å²) in [5.41, 5.74) is 2.67. The number of benzene rings is 3. The highest BCUT2D eigenvalue weighted by Gasteiger charge is 2.15. The summed E-state index contributed by atoms with van der Waals surface area (Å²) in [6.07, 6.45) is 0. The Bertz CT molecular complexity index is 1010. The minimum absolute atomic E-state index is 0.0690. The van der Waals surface area contributed by atoms with E-state index < -0.39 is 4.92 Å². The largest absolute Gasteiger partial charge is 0.497 e. The van der Waals surface area contributed by atoms with E-state index in [0.717, 1.165) is 11.1 Å². The predicted octanol–water partition coefficient (Wildman–Crippen LogP) is 4.74. The maximum Gasteiger partial charge on any atom is 0.311 e. The highest BCUT2D eigenvalue weighted by atomic mass is 16.6. The van der Waals surface area contributed by atoms with Crippen molar-refractivity contribution in [2.45, 2.75) is 13.5 Å². The van der Waals surface area contributed by atoms with Gasteiger partial charge in [-0.1, -0.05) is 18.2 Å². The van der Waals surface area contributed by atoms with E-state index in [9.17, 15) is 14.9 Å². The van der Waals surface area contributed by atoms with Crippen molar-refractivity contribution in [3.05, 3.63) is 93.5 Å². The number of anilines is 1. The molecule has 0 aliphatic heterocycles. The van der Waals surface area contributed by atoms with Gasteiger partial charge in [0.25, 0.3) is 5.91 Å². The van der Waals surface area contributed by atoms with Gasteiger partial charge in [0.2, 0.25) is 0 Å². The van der Waals surface area contributed by atoms with E-state index in [1.807, 2.05) is 0 Å². The number of hydrogen-bond donors (Lipinski definition) is 1. The first-order valence-corrected chi connectivity index (χ1v) is 8.88. The quantitative estimate of drug-likeness (QED) is 0.463. The molecule has 1 N–H and O–H groups in total. The number of nitro benzene ring substituents is 1. The molecule has 0 aromatic heterocycles. The number of ether oxygens (including phenoxy) is 2. The van der Waals surface area contributed by atoms with Crippen molar-refractivity contribution in [2.24, 2.45) is 0 Å². The second-order valence-electron chi connectivity index (χ2n) is 6.40. The number of rotatable bonds is 7. The topological polar surface area (TPSA) is 90.7 Å². The number of methoxy groups -OCH3 is 1. The maximum absolute atomic E-state index is 12.4. The van der Waals surface area contributed by atoms with Crippen molar-refractivity contribution in [2.75, 3.05) is 12.4 Å². The lowest BCUT2D eigenvalue weighted by Crippen LogP contribution is -2.11. The van der Waals surface area contributed by atoms with Gasteiger partial charge in [0.05, 0.1) is 12.0 Å². The van der Waals surface area contributed by atoms with Crippen LogP contribution in [-0.2, 0) is 6.61 Å². The van der Waals surface area contributed by atoms with E-state index in [1.54, 1.807) is 74.7 Å². The van der Waals surface area contributed by atoms with E-state index in [2.05, 4.69) is 5.32 Å². The van der Waals surface area contributed by atoms with Gasteiger partial charge >= 0.3 is 5.69 Å². The van der Waals surface area contributed by atoms with Gasteiger partial charge in [0.1, 0.15) is 12.4 Å². The molecule has 0 saturated carbocycles. The van der Waals surface area contributed by atoms with Gasteiger partial charge in [-0.3, -0.25) is 14.9 Å². The lowest BCUT2D eigenvalue weighted by Gasteiger charge is -2.09. The van der Waals surface area contributed by atoms with Crippen LogP contribution in [0, 0.1) is 17.0 Å².